The van der Waals surface area contributed by atoms with Gasteiger partial charge in [0.05, 0.1) is 18.8 Å². The third kappa shape index (κ3) is 4.81. The number of nitrogens with one attached hydrogen (secondary N) is 1. The summed E-state index contributed by atoms with van der Waals surface area (Å²) in [4.78, 5) is 11.9. The molecular weight excluding hydrogens is 324 g/mol. The van der Waals surface area contributed by atoms with Crippen LogP contribution in [0.2, 0.25) is 0 Å². The van der Waals surface area contributed by atoms with E-state index in [0.29, 0.717) is 19.8 Å². The van der Waals surface area contributed by atoms with E-state index in [1.165, 1.54) is 0 Å². The predicted molar refractivity (Wildman–Crippen MR) is 96.6 cm³/mol. The Balaban J connectivity index is 0.00000208. The largest absolute Gasteiger partial charge is 0.372 e. The summed E-state index contributed by atoms with van der Waals surface area (Å²) in [5, 5.41) is 2.93. The third-order valence-corrected chi connectivity index (χ3v) is 4.17. The van der Waals surface area contributed by atoms with Crippen LogP contribution in [0.25, 0.3) is 0 Å². The number of hydrogen-bond donors (Lipinski definition) is 2. The van der Waals surface area contributed by atoms with Gasteiger partial charge in [-0.25, -0.2) is 0 Å². The van der Waals surface area contributed by atoms with Gasteiger partial charge in [0, 0.05) is 6.54 Å². The van der Waals surface area contributed by atoms with E-state index in [1.54, 1.807) is 0 Å². The van der Waals surface area contributed by atoms with Crippen molar-refractivity contribution in [3.05, 3.63) is 71.3 Å². The molecule has 0 heterocycles. The number of nitrogens with two attached hydrogens (primary N) is 1. The van der Waals surface area contributed by atoms with Gasteiger partial charge < -0.3 is 15.8 Å². The van der Waals surface area contributed by atoms with E-state index in [9.17, 15) is 4.79 Å². The van der Waals surface area contributed by atoms with Gasteiger partial charge >= 0.3 is 0 Å². The quantitative estimate of drug-likeness (QED) is 0.810. The molecule has 0 radical (unpaired) electrons. The Labute approximate surface area is 148 Å². The van der Waals surface area contributed by atoms with Crippen LogP contribution >= 0.6 is 12.4 Å². The zero-order valence-electron chi connectivity index (χ0n) is 13.5. The van der Waals surface area contributed by atoms with Crippen LogP contribution in [0.15, 0.2) is 54.6 Å². The Bertz CT molecular complexity index is 672. The van der Waals surface area contributed by atoms with Crippen LogP contribution in [0.3, 0.4) is 0 Å². The second-order valence-corrected chi connectivity index (χ2v) is 6.09. The number of amides is 1. The summed E-state index contributed by atoms with van der Waals surface area (Å²) in [6, 6.07) is 18.1. The average molecular weight is 347 g/mol. The zero-order valence-corrected chi connectivity index (χ0v) is 14.4. The molecule has 2 aromatic carbocycles. The van der Waals surface area contributed by atoms with Crippen LogP contribution in [0.1, 0.15) is 29.5 Å². The average Bonchev–Trinajstić information content (AvgIpc) is 3.34. The van der Waals surface area contributed by atoms with Crippen LogP contribution < -0.4 is 11.1 Å². The SMILES string of the molecule is Cl.NC1(C(=O)NCc2ccccc2COCc2ccccc2)CC1. The van der Waals surface area contributed by atoms with E-state index in [1.807, 2.05) is 54.6 Å². The number of benzene rings is 2. The van der Waals surface area contributed by atoms with Crippen LogP contribution in [-0.2, 0) is 29.3 Å². The molecule has 4 nitrogen and oxygen atoms in total. The minimum absolute atomic E-state index is 0. The van der Waals surface area contributed by atoms with Gasteiger partial charge in [-0.15, -0.1) is 12.4 Å². The molecule has 1 aliphatic carbocycles. The molecule has 0 atom stereocenters. The number of ether oxygens (including phenoxy) is 1. The highest BCUT2D eigenvalue weighted by Crippen LogP contribution is 2.32. The standard InChI is InChI=1S/C19H22N2O2.ClH/c20-19(10-11-19)18(22)21-12-16-8-4-5-9-17(16)14-23-13-15-6-2-1-3-7-15;/h1-9H,10-14,20H2,(H,21,22);1H. The maximum atomic E-state index is 11.9. The molecule has 1 aliphatic rings. The minimum Gasteiger partial charge on any atom is -0.372 e. The molecule has 3 N–H and O–H groups in total. The normalized spacial score (nSPS) is 14.5. The monoisotopic (exact) mass is 346 g/mol. The van der Waals surface area contributed by atoms with Crippen molar-refractivity contribution in [2.75, 3.05) is 0 Å². The molecule has 1 saturated carbocycles. The molecular formula is C19H23ClN2O2. The van der Waals surface area contributed by atoms with Crippen molar-refractivity contribution >= 4 is 18.3 Å². The van der Waals surface area contributed by atoms with Crippen molar-refractivity contribution in [2.45, 2.75) is 38.1 Å². The molecule has 0 spiro atoms. The summed E-state index contributed by atoms with van der Waals surface area (Å²) in [7, 11) is 0. The summed E-state index contributed by atoms with van der Waals surface area (Å²) in [6.45, 7) is 1.59. The molecule has 128 valence electrons. The Kier molecular flexibility index (Phi) is 6.37. The Morgan fingerprint density at radius 3 is 2.29 bits per heavy atom. The highest BCUT2D eigenvalue weighted by Gasteiger charge is 2.45. The Morgan fingerprint density at radius 2 is 1.62 bits per heavy atom. The van der Waals surface area contributed by atoms with Crippen molar-refractivity contribution in [3.63, 3.8) is 0 Å². The fourth-order valence-electron chi connectivity index (χ4n) is 2.44. The van der Waals surface area contributed by atoms with Gasteiger partial charge in [-0.1, -0.05) is 54.6 Å². The molecule has 1 amide bonds. The number of rotatable bonds is 7. The fourth-order valence-corrected chi connectivity index (χ4v) is 2.44. The van der Waals surface area contributed by atoms with Crippen LogP contribution in [0.4, 0.5) is 0 Å². The van der Waals surface area contributed by atoms with E-state index >= 15 is 0 Å². The number of carbonyl (C=O) groups excluding carboxylic acids is 1. The predicted octanol–water partition coefficient (Wildman–Crippen LogP) is 2.93. The summed E-state index contributed by atoms with van der Waals surface area (Å²) in [5.74, 6) is -0.0579. The van der Waals surface area contributed by atoms with Crippen molar-refractivity contribution in [2.24, 2.45) is 5.73 Å². The molecule has 2 aromatic rings. The van der Waals surface area contributed by atoms with Gasteiger partial charge in [0.1, 0.15) is 0 Å². The lowest BCUT2D eigenvalue weighted by Gasteiger charge is -2.13. The van der Waals surface area contributed by atoms with Gasteiger partial charge in [-0.3, -0.25) is 4.79 Å². The number of hydrogen-bond acceptors (Lipinski definition) is 3. The van der Waals surface area contributed by atoms with E-state index in [4.69, 9.17) is 10.5 Å². The van der Waals surface area contributed by atoms with E-state index in [2.05, 4.69) is 5.32 Å². The molecule has 0 aromatic heterocycles. The van der Waals surface area contributed by atoms with Crippen molar-refractivity contribution < 1.29 is 9.53 Å². The molecule has 0 aliphatic heterocycles. The molecule has 0 saturated heterocycles. The molecule has 24 heavy (non-hydrogen) atoms. The van der Waals surface area contributed by atoms with Crippen LogP contribution in [-0.4, -0.2) is 11.4 Å². The topological polar surface area (TPSA) is 64.4 Å². The van der Waals surface area contributed by atoms with E-state index in [0.717, 1.165) is 29.5 Å². The van der Waals surface area contributed by atoms with Gasteiger partial charge in [0.15, 0.2) is 0 Å². The summed E-state index contributed by atoms with van der Waals surface area (Å²) >= 11 is 0. The lowest BCUT2D eigenvalue weighted by atomic mass is 10.1. The number of halogens is 1. The molecule has 1 fully saturated rings. The van der Waals surface area contributed by atoms with Crippen LogP contribution in [0.5, 0.6) is 0 Å². The van der Waals surface area contributed by atoms with Crippen molar-refractivity contribution in [3.8, 4) is 0 Å². The Morgan fingerprint density at radius 1 is 1.00 bits per heavy atom. The highest BCUT2D eigenvalue weighted by atomic mass is 35.5. The van der Waals surface area contributed by atoms with Gasteiger partial charge in [-0.05, 0) is 29.5 Å². The third-order valence-electron chi connectivity index (χ3n) is 4.17. The smallest absolute Gasteiger partial charge is 0.240 e. The minimum atomic E-state index is -0.626. The summed E-state index contributed by atoms with van der Waals surface area (Å²) in [5.41, 5.74) is 8.58. The highest BCUT2D eigenvalue weighted by molar-refractivity contribution is 5.88. The van der Waals surface area contributed by atoms with E-state index < -0.39 is 5.54 Å². The summed E-state index contributed by atoms with van der Waals surface area (Å²) in [6.07, 6.45) is 1.56. The van der Waals surface area contributed by atoms with Crippen LogP contribution in [0, 0.1) is 0 Å². The van der Waals surface area contributed by atoms with Crippen molar-refractivity contribution in [1.29, 1.82) is 0 Å². The lowest BCUT2D eigenvalue weighted by molar-refractivity contribution is -0.123. The number of carbonyl (C=O) groups is 1. The van der Waals surface area contributed by atoms with Gasteiger partial charge in [0.25, 0.3) is 0 Å². The first-order chi connectivity index (χ1) is 11.2. The molecule has 0 bridgehead atoms. The first-order valence-corrected chi connectivity index (χ1v) is 7.93. The Hall–Kier alpha value is -1.88. The van der Waals surface area contributed by atoms with Gasteiger partial charge in [-0.2, -0.15) is 0 Å². The molecule has 5 heteroatoms. The second kappa shape index (κ2) is 8.29. The second-order valence-electron chi connectivity index (χ2n) is 6.09. The lowest BCUT2D eigenvalue weighted by Crippen LogP contribution is -2.42. The first-order valence-electron chi connectivity index (χ1n) is 7.93. The van der Waals surface area contributed by atoms with Gasteiger partial charge in [0.2, 0.25) is 5.91 Å². The maximum Gasteiger partial charge on any atom is 0.240 e. The van der Waals surface area contributed by atoms with Crippen molar-refractivity contribution in [1.82, 2.24) is 5.32 Å². The summed E-state index contributed by atoms with van der Waals surface area (Å²) < 4.78 is 5.80. The zero-order chi connectivity index (χ0) is 16.1. The maximum absolute atomic E-state index is 11.9. The fraction of sp³-hybridized carbons (Fsp3) is 0.316. The van der Waals surface area contributed by atoms with E-state index in [-0.39, 0.29) is 18.3 Å². The first kappa shape index (κ1) is 18.5. The molecule has 3 rings (SSSR count). The molecule has 0 unspecified atom stereocenters.